The number of carboxylic acids is 1. The molecule has 28 heavy (non-hydrogen) atoms. The first-order valence-corrected chi connectivity index (χ1v) is 10.3. The summed E-state index contributed by atoms with van der Waals surface area (Å²) in [6.45, 7) is 2.01. The van der Waals surface area contributed by atoms with Crippen LogP contribution in [0, 0.1) is 6.92 Å². The number of pyridine rings is 1. The molecule has 0 saturated heterocycles. The van der Waals surface area contributed by atoms with Gasteiger partial charge in [-0.2, -0.15) is 0 Å². The molecular formula is C22H15Cl2NO2S. The van der Waals surface area contributed by atoms with Crippen molar-refractivity contribution in [1.29, 1.82) is 0 Å². The highest BCUT2D eigenvalue weighted by Crippen LogP contribution is 2.44. The number of halogens is 2. The van der Waals surface area contributed by atoms with E-state index in [2.05, 4.69) is 4.98 Å². The predicted octanol–water partition coefficient (Wildman–Crippen LogP) is 7.03. The molecule has 1 N–H and O–H groups in total. The molecule has 0 radical (unpaired) electrons. The smallest absolute Gasteiger partial charge is 0.338 e. The molecule has 0 aliphatic carbocycles. The first kappa shape index (κ1) is 18.9. The number of nitrogens with zero attached hydrogens (tertiary/aromatic N) is 1. The predicted molar refractivity (Wildman–Crippen MR) is 117 cm³/mol. The average Bonchev–Trinajstić information content (AvgIpc) is 3.04. The van der Waals surface area contributed by atoms with Gasteiger partial charge in [0.25, 0.3) is 0 Å². The van der Waals surface area contributed by atoms with Gasteiger partial charge < -0.3 is 5.11 Å². The van der Waals surface area contributed by atoms with Crippen LogP contribution in [0.25, 0.3) is 31.8 Å². The molecule has 0 bridgehead atoms. The van der Waals surface area contributed by atoms with Crippen molar-refractivity contribution < 1.29 is 9.90 Å². The molecular weight excluding hydrogens is 413 g/mol. The first-order chi connectivity index (χ1) is 13.5. The molecule has 140 valence electrons. The van der Waals surface area contributed by atoms with Crippen molar-refractivity contribution in [2.24, 2.45) is 0 Å². The fourth-order valence-electron chi connectivity index (χ4n) is 3.42. The fourth-order valence-corrected chi connectivity index (χ4v) is 4.95. The van der Waals surface area contributed by atoms with Crippen LogP contribution in [0.4, 0.5) is 0 Å². The average molecular weight is 428 g/mol. The maximum absolute atomic E-state index is 12.2. The van der Waals surface area contributed by atoms with Gasteiger partial charge in [0.1, 0.15) is 4.83 Å². The second-order valence-corrected chi connectivity index (χ2v) is 8.06. The van der Waals surface area contributed by atoms with Gasteiger partial charge >= 0.3 is 5.97 Å². The fraction of sp³-hybridized carbons (Fsp3) is 0.0909. The Labute approximate surface area is 176 Å². The van der Waals surface area contributed by atoms with Crippen LogP contribution in [0.15, 0.2) is 54.6 Å². The van der Waals surface area contributed by atoms with E-state index in [4.69, 9.17) is 23.2 Å². The van der Waals surface area contributed by atoms with Crippen LogP contribution in [0.2, 0.25) is 5.02 Å². The van der Waals surface area contributed by atoms with Gasteiger partial charge in [0, 0.05) is 20.8 Å². The molecule has 3 nitrogen and oxygen atoms in total. The second-order valence-electron chi connectivity index (χ2n) is 6.36. The van der Waals surface area contributed by atoms with E-state index in [0.29, 0.717) is 16.3 Å². The number of carboxylic acid groups (broad SMARTS) is 1. The summed E-state index contributed by atoms with van der Waals surface area (Å²) in [5.74, 6) is -1.02. The number of fused-ring (bicyclic) bond motifs is 1. The van der Waals surface area contributed by atoms with Gasteiger partial charge in [0.15, 0.2) is 0 Å². The van der Waals surface area contributed by atoms with Crippen LogP contribution in [0.5, 0.6) is 0 Å². The number of aromatic nitrogens is 1. The number of alkyl halides is 1. The summed E-state index contributed by atoms with van der Waals surface area (Å²) in [6, 6.07) is 17.2. The lowest BCUT2D eigenvalue weighted by Crippen LogP contribution is -2.07. The molecule has 6 heteroatoms. The van der Waals surface area contributed by atoms with Crippen molar-refractivity contribution in [3.8, 4) is 21.6 Å². The van der Waals surface area contributed by atoms with Gasteiger partial charge in [-0.1, -0.05) is 54.1 Å². The lowest BCUT2D eigenvalue weighted by molar-refractivity contribution is 0.0696. The lowest BCUT2D eigenvalue weighted by Gasteiger charge is -2.13. The van der Waals surface area contributed by atoms with E-state index in [1.807, 2.05) is 49.4 Å². The molecule has 0 fully saturated rings. The van der Waals surface area contributed by atoms with E-state index in [0.717, 1.165) is 31.8 Å². The van der Waals surface area contributed by atoms with E-state index in [1.54, 1.807) is 23.5 Å². The zero-order chi connectivity index (χ0) is 19.8. The number of rotatable bonds is 4. The molecule has 0 saturated carbocycles. The molecule has 4 rings (SSSR count). The van der Waals surface area contributed by atoms with Crippen molar-refractivity contribution in [2.45, 2.75) is 12.8 Å². The van der Waals surface area contributed by atoms with Crippen LogP contribution in [-0.4, -0.2) is 16.1 Å². The van der Waals surface area contributed by atoms with E-state index in [-0.39, 0.29) is 11.4 Å². The summed E-state index contributed by atoms with van der Waals surface area (Å²) >= 11 is 13.7. The minimum Gasteiger partial charge on any atom is -0.478 e. The standard InChI is InChI=1S/C22H15Cl2NO2S/c1-12-17-18(13-7-9-15(24)10-8-13)19(22(26)27)16(11-23)25-21(17)28-20(12)14-5-3-2-4-6-14/h2-10H,11H2,1H3,(H,26,27). The van der Waals surface area contributed by atoms with E-state index in [9.17, 15) is 9.90 Å². The molecule has 4 aromatic rings. The number of hydrogen-bond donors (Lipinski definition) is 1. The molecule has 2 heterocycles. The molecule has 0 unspecified atom stereocenters. The van der Waals surface area contributed by atoms with Crippen molar-refractivity contribution >= 4 is 50.7 Å². The number of aromatic carboxylic acids is 1. The Balaban J connectivity index is 2.13. The lowest BCUT2D eigenvalue weighted by atomic mass is 9.93. The molecule has 2 aromatic carbocycles. The molecule has 2 aromatic heterocycles. The van der Waals surface area contributed by atoms with Gasteiger partial charge in [-0.25, -0.2) is 9.78 Å². The topological polar surface area (TPSA) is 50.2 Å². The normalized spacial score (nSPS) is 11.1. The third-order valence-electron chi connectivity index (χ3n) is 4.66. The summed E-state index contributed by atoms with van der Waals surface area (Å²) in [6.07, 6.45) is 0. The van der Waals surface area contributed by atoms with Gasteiger partial charge in [0.2, 0.25) is 0 Å². The minimum atomic E-state index is -1.04. The van der Waals surface area contributed by atoms with Crippen LogP contribution in [0.1, 0.15) is 21.6 Å². The first-order valence-electron chi connectivity index (χ1n) is 8.58. The number of benzene rings is 2. The van der Waals surface area contributed by atoms with Crippen LogP contribution < -0.4 is 0 Å². The summed E-state index contributed by atoms with van der Waals surface area (Å²) < 4.78 is 0. The zero-order valence-corrected chi connectivity index (χ0v) is 17.2. The van der Waals surface area contributed by atoms with E-state index >= 15 is 0 Å². The highest BCUT2D eigenvalue weighted by Gasteiger charge is 2.25. The highest BCUT2D eigenvalue weighted by molar-refractivity contribution is 7.22. The summed E-state index contributed by atoms with van der Waals surface area (Å²) in [5, 5.41) is 11.4. The van der Waals surface area contributed by atoms with Crippen LogP contribution >= 0.6 is 34.5 Å². The number of aryl methyl sites for hydroxylation is 1. The van der Waals surface area contributed by atoms with Gasteiger partial charge in [-0.3, -0.25) is 0 Å². The Morgan fingerprint density at radius 1 is 1.07 bits per heavy atom. The van der Waals surface area contributed by atoms with Crippen molar-refractivity contribution in [1.82, 2.24) is 4.98 Å². The van der Waals surface area contributed by atoms with Crippen molar-refractivity contribution in [3.63, 3.8) is 0 Å². The van der Waals surface area contributed by atoms with E-state index < -0.39 is 5.97 Å². The third-order valence-corrected chi connectivity index (χ3v) is 6.40. The highest BCUT2D eigenvalue weighted by atomic mass is 35.5. The minimum absolute atomic E-state index is 0.0236. The van der Waals surface area contributed by atoms with E-state index in [1.165, 1.54) is 0 Å². The molecule has 0 spiro atoms. The zero-order valence-electron chi connectivity index (χ0n) is 14.9. The Morgan fingerprint density at radius 3 is 2.36 bits per heavy atom. The third kappa shape index (κ3) is 3.18. The molecule has 0 aliphatic heterocycles. The maximum atomic E-state index is 12.2. The quantitative estimate of drug-likeness (QED) is 0.355. The SMILES string of the molecule is Cc1c(-c2ccccc2)sc2nc(CCl)c(C(=O)O)c(-c3ccc(Cl)cc3)c12. The number of hydrogen-bond acceptors (Lipinski definition) is 3. The Kier molecular flexibility index (Phi) is 5.11. The molecule has 0 amide bonds. The summed E-state index contributed by atoms with van der Waals surface area (Å²) in [4.78, 5) is 18.6. The molecule has 0 atom stereocenters. The van der Waals surface area contributed by atoms with Crippen LogP contribution in [0.3, 0.4) is 0 Å². The largest absolute Gasteiger partial charge is 0.478 e. The maximum Gasteiger partial charge on any atom is 0.338 e. The summed E-state index contributed by atoms with van der Waals surface area (Å²) in [7, 11) is 0. The summed E-state index contributed by atoms with van der Waals surface area (Å²) in [5.41, 5.74) is 4.02. The Morgan fingerprint density at radius 2 is 1.75 bits per heavy atom. The Bertz CT molecular complexity index is 1190. The van der Waals surface area contributed by atoms with Crippen molar-refractivity contribution in [3.05, 3.63) is 76.4 Å². The van der Waals surface area contributed by atoms with Gasteiger partial charge in [-0.05, 0) is 35.7 Å². The van der Waals surface area contributed by atoms with Crippen LogP contribution in [-0.2, 0) is 5.88 Å². The monoisotopic (exact) mass is 427 g/mol. The van der Waals surface area contributed by atoms with Gasteiger partial charge in [-0.15, -0.1) is 22.9 Å². The van der Waals surface area contributed by atoms with Crippen molar-refractivity contribution in [2.75, 3.05) is 0 Å². The second kappa shape index (κ2) is 7.55. The number of thiophene rings is 1. The number of carbonyl (C=O) groups is 1. The molecule has 0 aliphatic rings. The Hall–Kier alpha value is -2.40. The van der Waals surface area contributed by atoms with Gasteiger partial charge in [0.05, 0.1) is 17.1 Å².